The normalized spacial score (nSPS) is 15.4. The van der Waals surface area contributed by atoms with Gasteiger partial charge < -0.3 is 5.73 Å². The fourth-order valence-corrected chi connectivity index (χ4v) is 2.24. The first-order chi connectivity index (χ1) is 7.57. The molecule has 0 bridgehead atoms. The predicted octanol–water partition coefficient (Wildman–Crippen LogP) is 2.20. The van der Waals surface area contributed by atoms with Crippen molar-refractivity contribution in [2.45, 2.75) is 45.8 Å². The Labute approximate surface area is 98.7 Å². The first-order valence-corrected chi connectivity index (χ1v) is 5.99. The number of likely N-dealkylation sites (N-methyl/N-ethyl adjacent to an activating group) is 1. The Morgan fingerprint density at radius 2 is 1.81 bits per heavy atom. The van der Waals surface area contributed by atoms with Crippen LogP contribution in [0.5, 0.6) is 0 Å². The SMILES string of the molecule is CCN(C(C)C)C(c1ccncc1)C(C)N. The van der Waals surface area contributed by atoms with Crippen molar-refractivity contribution in [1.82, 2.24) is 9.88 Å². The molecule has 0 spiro atoms. The van der Waals surface area contributed by atoms with Crippen LogP contribution in [0.4, 0.5) is 0 Å². The molecule has 2 unspecified atom stereocenters. The number of hydrogen-bond acceptors (Lipinski definition) is 3. The third-order valence-electron chi connectivity index (χ3n) is 2.93. The number of rotatable bonds is 5. The molecule has 0 fully saturated rings. The third kappa shape index (κ3) is 3.03. The molecule has 1 heterocycles. The van der Waals surface area contributed by atoms with Crippen LogP contribution >= 0.6 is 0 Å². The maximum Gasteiger partial charge on any atom is 0.0500 e. The quantitative estimate of drug-likeness (QED) is 0.829. The molecule has 3 heteroatoms. The van der Waals surface area contributed by atoms with E-state index in [0.29, 0.717) is 6.04 Å². The zero-order chi connectivity index (χ0) is 12.1. The highest BCUT2D eigenvalue weighted by Crippen LogP contribution is 2.24. The van der Waals surface area contributed by atoms with Crippen molar-refractivity contribution in [2.75, 3.05) is 6.54 Å². The van der Waals surface area contributed by atoms with Crippen LogP contribution in [0, 0.1) is 0 Å². The molecule has 16 heavy (non-hydrogen) atoms. The van der Waals surface area contributed by atoms with E-state index < -0.39 is 0 Å². The Hall–Kier alpha value is -0.930. The molecule has 2 N–H and O–H groups in total. The smallest absolute Gasteiger partial charge is 0.0500 e. The van der Waals surface area contributed by atoms with Gasteiger partial charge in [-0.05, 0) is 45.0 Å². The maximum absolute atomic E-state index is 6.12. The van der Waals surface area contributed by atoms with E-state index in [1.807, 2.05) is 12.4 Å². The second-order valence-electron chi connectivity index (χ2n) is 4.51. The molecular formula is C13H23N3. The first-order valence-electron chi connectivity index (χ1n) is 5.99. The van der Waals surface area contributed by atoms with Crippen LogP contribution in [-0.4, -0.2) is 28.5 Å². The van der Waals surface area contributed by atoms with Gasteiger partial charge in [-0.15, -0.1) is 0 Å². The number of nitrogens with two attached hydrogens (primary N) is 1. The Morgan fingerprint density at radius 3 is 2.19 bits per heavy atom. The molecule has 90 valence electrons. The molecule has 1 aromatic heterocycles. The summed E-state index contributed by atoms with van der Waals surface area (Å²) in [7, 11) is 0. The molecule has 1 aromatic rings. The van der Waals surface area contributed by atoms with Gasteiger partial charge in [-0.3, -0.25) is 9.88 Å². The molecule has 0 aromatic carbocycles. The molecule has 3 nitrogen and oxygen atoms in total. The van der Waals surface area contributed by atoms with Crippen LogP contribution in [0.3, 0.4) is 0 Å². The highest BCUT2D eigenvalue weighted by molar-refractivity contribution is 5.17. The van der Waals surface area contributed by atoms with E-state index in [-0.39, 0.29) is 12.1 Å². The van der Waals surface area contributed by atoms with Crippen LogP contribution in [0.15, 0.2) is 24.5 Å². The highest BCUT2D eigenvalue weighted by Gasteiger charge is 2.24. The molecule has 0 amide bonds. The lowest BCUT2D eigenvalue weighted by Gasteiger charge is -2.36. The van der Waals surface area contributed by atoms with Crippen molar-refractivity contribution in [1.29, 1.82) is 0 Å². The largest absolute Gasteiger partial charge is 0.326 e. The second-order valence-corrected chi connectivity index (χ2v) is 4.51. The molecule has 0 aliphatic heterocycles. The monoisotopic (exact) mass is 221 g/mol. The minimum Gasteiger partial charge on any atom is -0.326 e. The molecule has 1 rings (SSSR count). The van der Waals surface area contributed by atoms with E-state index in [4.69, 9.17) is 5.73 Å². The van der Waals surface area contributed by atoms with Crippen LogP contribution in [0.2, 0.25) is 0 Å². The topological polar surface area (TPSA) is 42.2 Å². The van der Waals surface area contributed by atoms with Crippen LogP contribution in [-0.2, 0) is 0 Å². The van der Waals surface area contributed by atoms with Crippen molar-refractivity contribution >= 4 is 0 Å². The molecule has 0 saturated heterocycles. The van der Waals surface area contributed by atoms with E-state index >= 15 is 0 Å². The van der Waals surface area contributed by atoms with Crippen molar-refractivity contribution < 1.29 is 0 Å². The van der Waals surface area contributed by atoms with Gasteiger partial charge in [-0.25, -0.2) is 0 Å². The lowest BCUT2D eigenvalue weighted by Crippen LogP contribution is -2.43. The summed E-state index contributed by atoms with van der Waals surface area (Å²) in [5, 5.41) is 0. The summed E-state index contributed by atoms with van der Waals surface area (Å²) in [5.41, 5.74) is 7.37. The molecular weight excluding hydrogens is 198 g/mol. The molecule has 0 radical (unpaired) electrons. The van der Waals surface area contributed by atoms with E-state index in [9.17, 15) is 0 Å². The Morgan fingerprint density at radius 1 is 1.25 bits per heavy atom. The zero-order valence-electron chi connectivity index (χ0n) is 10.7. The van der Waals surface area contributed by atoms with E-state index in [0.717, 1.165) is 6.54 Å². The summed E-state index contributed by atoms with van der Waals surface area (Å²) < 4.78 is 0. The van der Waals surface area contributed by atoms with Crippen LogP contribution < -0.4 is 5.73 Å². The lowest BCUT2D eigenvalue weighted by molar-refractivity contribution is 0.144. The summed E-state index contributed by atoms with van der Waals surface area (Å²) >= 11 is 0. The summed E-state index contributed by atoms with van der Waals surface area (Å²) in [6, 6.07) is 4.99. The fourth-order valence-electron chi connectivity index (χ4n) is 2.24. The summed E-state index contributed by atoms with van der Waals surface area (Å²) in [5.74, 6) is 0. The third-order valence-corrected chi connectivity index (χ3v) is 2.93. The minimum atomic E-state index is 0.116. The maximum atomic E-state index is 6.12. The van der Waals surface area contributed by atoms with Gasteiger partial charge in [0.25, 0.3) is 0 Å². The Balaban J connectivity index is 2.99. The number of nitrogens with zero attached hydrogens (tertiary/aromatic N) is 2. The summed E-state index contributed by atoms with van der Waals surface area (Å²) in [6.07, 6.45) is 3.66. The standard InChI is InChI=1S/C13H23N3/c1-5-16(10(2)3)13(11(4)14)12-6-8-15-9-7-12/h6-11,13H,5,14H2,1-4H3. The Kier molecular flexibility index (Phi) is 4.90. The number of aromatic nitrogens is 1. The van der Waals surface area contributed by atoms with Crippen molar-refractivity contribution in [3.05, 3.63) is 30.1 Å². The van der Waals surface area contributed by atoms with Gasteiger partial charge in [0.2, 0.25) is 0 Å². The van der Waals surface area contributed by atoms with E-state index in [2.05, 4.69) is 49.7 Å². The van der Waals surface area contributed by atoms with Crippen LogP contribution in [0.25, 0.3) is 0 Å². The van der Waals surface area contributed by atoms with Gasteiger partial charge in [-0.2, -0.15) is 0 Å². The van der Waals surface area contributed by atoms with Gasteiger partial charge in [0.15, 0.2) is 0 Å². The van der Waals surface area contributed by atoms with Gasteiger partial charge in [0, 0.05) is 30.5 Å². The van der Waals surface area contributed by atoms with Gasteiger partial charge in [0.1, 0.15) is 0 Å². The Bertz CT molecular complexity index is 295. The summed E-state index contributed by atoms with van der Waals surface area (Å²) in [6.45, 7) is 9.67. The van der Waals surface area contributed by atoms with Gasteiger partial charge in [0.05, 0.1) is 0 Å². The highest BCUT2D eigenvalue weighted by atomic mass is 15.2. The zero-order valence-corrected chi connectivity index (χ0v) is 10.7. The van der Waals surface area contributed by atoms with E-state index in [1.54, 1.807) is 0 Å². The molecule has 0 aliphatic carbocycles. The molecule has 0 aliphatic rings. The van der Waals surface area contributed by atoms with Gasteiger partial charge >= 0.3 is 0 Å². The lowest BCUT2D eigenvalue weighted by atomic mass is 9.99. The average molecular weight is 221 g/mol. The van der Waals surface area contributed by atoms with Crippen molar-refractivity contribution in [2.24, 2.45) is 5.73 Å². The van der Waals surface area contributed by atoms with Gasteiger partial charge in [-0.1, -0.05) is 6.92 Å². The molecule has 2 atom stereocenters. The minimum absolute atomic E-state index is 0.116. The van der Waals surface area contributed by atoms with Crippen molar-refractivity contribution in [3.8, 4) is 0 Å². The summed E-state index contributed by atoms with van der Waals surface area (Å²) in [4.78, 5) is 6.47. The first kappa shape index (κ1) is 13.1. The average Bonchev–Trinajstić information content (AvgIpc) is 2.25. The van der Waals surface area contributed by atoms with Crippen LogP contribution in [0.1, 0.15) is 39.3 Å². The second kappa shape index (κ2) is 5.97. The fraction of sp³-hybridized carbons (Fsp3) is 0.615. The molecule has 0 saturated carbocycles. The number of hydrogen-bond donors (Lipinski definition) is 1. The van der Waals surface area contributed by atoms with E-state index in [1.165, 1.54) is 5.56 Å². The van der Waals surface area contributed by atoms with Crippen molar-refractivity contribution in [3.63, 3.8) is 0 Å². The predicted molar refractivity (Wildman–Crippen MR) is 68.1 cm³/mol. The number of pyridine rings is 1.